The molecule has 2 aromatic carbocycles. The van der Waals surface area contributed by atoms with Crippen LogP contribution in [0.3, 0.4) is 0 Å². The highest BCUT2D eigenvalue weighted by molar-refractivity contribution is 7.20. The van der Waals surface area contributed by atoms with E-state index < -0.39 is 6.10 Å². The van der Waals surface area contributed by atoms with Crippen LogP contribution in [-0.2, 0) is 4.74 Å². The number of aliphatic hydroxyl groups excluding tert-OH is 1. The molecule has 18 rings (SSSR count). The maximum Gasteiger partial charge on any atom is 0.274 e. The molecule has 38 heteroatoms. The first-order valence-corrected chi connectivity index (χ1v) is 48.2. The number of carbonyl (C=O) groups is 5. The summed E-state index contributed by atoms with van der Waals surface area (Å²) in [7, 11) is 0. The van der Waals surface area contributed by atoms with Crippen molar-refractivity contribution in [3.63, 3.8) is 0 Å². The summed E-state index contributed by atoms with van der Waals surface area (Å²) in [6, 6.07) is 33.2. The van der Waals surface area contributed by atoms with Gasteiger partial charge < -0.3 is 46.2 Å². The lowest BCUT2D eigenvalue weighted by atomic mass is 9.93. The van der Waals surface area contributed by atoms with Crippen molar-refractivity contribution in [3.8, 4) is 0 Å². The van der Waals surface area contributed by atoms with E-state index in [0.717, 1.165) is 150 Å². The Morgan fingerprint density at radius 2 is 0.742 bits per heavy atom. The van der Waals surface area contributed by atoms with E-state index in [9.17, 15) is 33.5 Å². The number of aliphatic hydroxyl groups is 1. The molecule has 0 spiro atoms. The number of aryl methyl sites for hydroxylation is 5. The third-order valence-electron chi connectivity index (χ3n) is 21.8. The molecule has 3 fully saturated rings. The van der Waals surface area contributed by atoms with E-state index >= 15 is 0 Å². The van der Waals surface area contributed by atoms with Crippen LogP contribution >= 0.6 is 56.7 Å². The van der Waals surface area contributed by atoms with Crippen LogP contribution in [0.5, 0.6) is 0 Å². The molecule has 16 heterocycles. The molecule has 132 heavy (non-hydrogen) atoms. The fraction of sp³-hybridized carbons (Fsp3) is 0.394. The number of ketones is 3. The van der Waals surface area contributed by atoms with Gasteiger partial charge in [-0.15, -0.1) is 56.7 Å². The maximum atomic E-state index is 13.6. The standard InChI is InChI=1S/C22H25FN4O2S.C19H22N4O2S.C18H20N6OS.C18H21N5OS.C17H18N6OS/c1-13(16-4-3-5-17(23)12-16)24-22-26-19(20-21(27-22)25-14(2)30-20)18(28)7-6-15-8-10-29-11-9-15;1-11(24)9-10-15(25)16-17-18(21-13(3)26-17)23-19(22-16)20-12(2)14-7-5-4-6-8-14;1-11(13-7-3-4-8-19-13)20-18-22-14(17(25)24-9-5-6-10-24)15-16(23-18)21-12(2)26-15;1-10(2)9-14(24)15-16-17(21-12(4)25-16)23-18(22-15)20-11(3)13-7-5-6-8-19-13;1-10(12-6-3-4-7-18-12)19-17-21-13(16(24)23-8-5-9-23)14-15(22-17)20-11(2)25-14/h3-5,12-13,15H,6-11H2,1-2H3,(H,24,26,27);4-8,11-12,24H,9-10H2,1-3H3,(H,20,22,23);3-4,7-8,11H,5-6,9-10H2,1-2H3,(H,20,22,23);5-8,10-11H,9H2,1-4H3,(H,20,22,23);3-4,6-7,10H,5,8-9H2,1-2H3,(H,19,21,22). The van der Waals surface area contributed by atoms with Gasteiger partial charge in [0.15, 0.2) is 57.0 Å². The molecule has 0 aliphatic carbocycles. The summed E-state index contributed by atoms with van der Waals surface area (Å²) in [5, 5.41) is 29.9. The van der Waals surface area contributed by atoms with Gasteiger partial charge in [0.1, 0.15) is 46.4 Å². The summed E-state index contributed by atoms with van der Waals surface area (Å²) in [5.41, 5.74) is 9.44. The second-order valence-electron chi connectivity index (χ2n) is 33.0. The first kappa shape index (κ1) is 95.6. The highest BCUT2D eigenvalue weighted by Gasteiger charge is 2.31. The van der Waals surface area contributed by atoms with Crippen LogP contribution in [0.1, 0.15) is 255 Å². The number of benzene rings is 2. The molecule has 15 aromatic rings. The van der Waals surface area contributed by atoms with Crippen molar-refractivity contribution in [1.29, 1.82) is 0 Å². The van der Waals surface area contributed by atoms with Crippen LogP contribution in [0.15, 0.2) is 128 Å². The number of thiazole rings is 5. The van der Waals surface area contributed by atoms with Crippen LogP contribution in [0.2, 0.25) is 0 Å². The van der Waals surface area contributed by atoms with E-state index in [2.05, 4.69) is 116 Å². The van der Waals surface area contributed by atoms with E-state index in [1.165, 1.54) is 68.8 Å². The molecule has 3 aliphatic rings. The molecular formula is C94H106FN25O7S5. The summed E-state index contributed by atoms with van der Waals surface area (Å²) < 4.78 is 22.7. The minimum Gasteiger partial charge on any atom is -0.393 e. The number of nitrogens with zero attached hydrogens (tertiary/aromatic N) is 20. The number of hydrogen-bond acceptors (Lipinski definition) is 35. The lowest BCUT2D eigenvalue weighted by molar-refractivity contribution is 0.0619. The summed E-state index contributed by atoms with van der Waals surface area (Å²) in [4.78, 5) is 148. The fourth-order valence-corrected chi connectivity index (χ4v) is 19.0. The second kappa shape index (κ2) is 44.6. The SMILES string of the molecule is Cc1nc2nc(NC(C)c3cccc(F)c3)nc(C(=O)CCC3CCOCC3)c2s1.Cc1nc2nc(NC(C)c3ccccc3)nc(C(=O)CCC(C)O)c2s1.Cc1nc2nc(NC(C)c3ccccn3)nc(C(=O)CC(C)C)c2s1.Cc1nc2nc(NC(C)c3ccccn3)nc(C(=O)N3CCC3)c2s1.Cc1nc2nc(NC(C)c3ccccn3)nc(C(=O)N3CCCC3)c2s1. The monoisotopic (exact) mass is 1880 g/mol. The number of nitrogens with one attached hydrogen (secondary N) is 5. The van der Waals surface area contributed by atoms with Crippen LogP contribution < -0.4 is 26.6 Å². The fourth-order valence-electron chi connectivity index (χ4n) is 14.7. The van der Waals surface area contributed by atoms with Gasteiger partial charge in [-0.1, -0.05) is 74.5 Å². The minimum atomic E-state index is -0.518. The predicted molar refractivity (Wildman–Crippen MR) is 517 cm³/mol. The van der Waals surface area contributed by atoms with Crippen molar-refractivity contribution in [3.05, 3.63) is 215 Å². The van der Waals surface area contributed by atoms with Crippen molar-refractivity contribution < 1.29 is 38.2 Å². The highest BCUT2D eigenvalue weighted by atomic mass is 32.1. The Morgan fingerprint density at radius 3 is 1.10 bits per heavy atom. The molecule has 6 N–H and O–H groups in total. The Labute approximate surface area is 783 Å². The van der Waals surface area contributed by atoms with Gasteiger partial charge >= 0.3 is 0 Å². The Kier molecular flexibility index (Phi) is 32.3. The lowest BCUT2D eigenvalue weighted by Crippen LogP contribution is -2.42. The molecule has 3 aliphatic heterocycles. The number of hydrogen-bond donors (Lipinski definition) is 6. The predicted octanol–water partition coefficient (Wildman–Crippen LogP) is 19.2. The lowest BCUT2D eigenvalue weighted by Gasteiger charge is -2.30. The molecule has 6 unspecified atom stereocenters. The molecule has 686 valence electrons. The number of Topliss-reactive ketones (excluding diaryl/α,β-unsaturated/α-hetero) is 3. The van der Waals surface area contributed by atoms with Crippen molar-refractivity contribution in [1.82, 2.24) is 99.5 Å². The number of amides is 2. The Bertz CT molecular complexity index is 6510. The van der Waals surface area contributed by atoms with Gasteiger partial charge in [-0.05, 0) is 193 Å². The van der Waals surface area contributed by atoms with E-state index in [-0.39, 0.29) is 77.5 Å². The number of ether oxygens (including phenoxy) is 1. The maximum absolute atomic E-state index is 13.6. The largest absolute Gasteiger partial charge is 0.393 e. The normalized spacial score (nSPS) is 14.5. The second-order valence-corrected chi connectivity index (χ2v) is 39.0. The van der Waals surface area contributed by atoms with Gasteiger partial charge in [-0.25, -0.2) is 54.2 Å². The van der Waals surface area contributed by atoms with Crippen molar-refractivity contribution in [2.24, 2.45) is 11.8 Å². The third-order valence-corrected chi connectivity index (χ3v) is 26.6. The molecule has 13 aromatic heterocycles. The summed E-state index contributed by atoms with van der Waals surface area (Å²) in [5.74, 6) is 2.30. The average Bonchev–Trinajstić information content (AvgIpc) is 1.56. The number of pyridine rings is 3. The smallest absolute Gasteiger partial charge is 0.274 e. The number of halogens is 1. The molecule has 0 saturated carbocycles. The number of rotatable bonds is 28. The molecule has 32 nitrogen and oxygen atoms in total. The molecule has 6 atom stereocenters. The molecule has 0 bridgehead atoms. The Balaban J connectivity index is 0.000000133. The quantitative estimate of drug-likeness (QED) is 0.0248. The number of anilines is 5. The number of likely N-dealkylation sites (tertiary alicyclic amines) is 2. The molecular weight excluding hydrogens is 1770 g/mol. The highest BCUT2D eigenvalue weighted by Crippen LogP contribution is 2.35. The van der Waals surface area contributed by atoms with E-state index in [1.54, 1.807) is 31.6 Å². The summed E-state index contributed by atoms with van der Waals surface area (Å²) in [6.45, 7) is 29.8. The van der Waals surface area contributed by atoms with E-state index in [4.69, 9.17) is 4.74 Å². The number of aromatic nitrogens is 18. The van der Waals surface area contributed by atoms with Gasteiger partial charge in [0.2, 0.25) is 29.7 Å². The van der Waals surface area contributed by atoms with E-state index in [1.807, 2.05) is 184 Å². The van der Waals surface area contributed by atoms with Crippen LogP contribution in [0, 0.1) is 52.3 Å². The summed E-state index contributed by atoms with van der Waals surface area (Å²) >= 11 is 7.24. The van der Waals surface area contributed by atoms with Crippen LogP contribution in [0.25, 0.3) is 51.7 Å². The van der Waals surface area contributed by atoms with Crippen LogP contribution in [0.4, 0.5) is 34.1 Å². The van der Waals surface area contributed by atoms with Gasteiger partial charge in [-0.2, -0.15) is 24.9 Å². The van der Waals surface area contributed by atoms with Gasteiger partial charge in [0, 0.05) is 77.2 Å². The first-order valence-electron chi connectivity index (χ1n) is 44.2. The zero-order chi connectivity index (χ0) is 93.2. The van der Waals surface area contributed by atoms with Gasteiger partial charge in [0.25, 0.3) is 11.8 Å². The topological polar surface area (TPSA) is 413 Å². The molecule has 0 radical (unpaired) electrons. The molecule has 2 amide bonds. The van der Waals surface area contributed by atoms with Gasteiger partial charge in [-0.3, -0.25) is 38.9 Å². The molecule has 3 saturated heterocycles. The summed E-state index contributed by atoms with van der Waals surface area (Å²) in [6.07, 6.45) is 12.3. The average molecular weight is 1880 g/mol. The Morgan fingerprint density at radius 1 is 0.402 bits per heavy atom. The first-order chi connectivity index (χ1) is 63.6. The zero-order valence-electron chi connectivity index (χ0n) is 75.8. The van der Waals surface area contributed by atoms with E-state index in [0.29, 0.717) is 116 Å². The van der Waals surface area contributed by atoms with Crippen molar-refractivity contribution in [2.45, 2.75) is 191 Å². The minimum absolute atomic E-state index is 0.00574. The van der Waals surface area contributed by atoms with Crippen LogP contribution in [-0.4, -0.2) is 179 Å². The zero-order valence-corrected chi connectivity index (χ0v) is 79.9. The Hall–Kier alpha value is -12.5. The third kappa shape index (κ3) is 25.0. The van der Waals surface area contributed by atoms with Crippen molar-refractivity contribution in [2.75, 3.05) is 66.0 Å². The number of carbonyl (C=O) groups excluding carboxylic acids is 5. The van der Waals surface area contributed by atoms with Crippen molar-refractivity contribution >= 4 is 167 Å². The number of fused-ring (bicyclic) bond motifs is 5. The van der Waals surface area contributed by atoms with Gasteiger partial charge in [0.05, 0.1) is 78.4 Å².